The first-order valence-corrected chi connectivity index (χ1v) is 5.87. The second-order valence-electron chi connectivity index (χ2n) is 4.71. The standard InChI is InChI=1S/C12H19N3O/c1-9-4-2-5-10(8-9)15-7-3-6-11(15)12(13)14-16/h3,6-7,9-10,16H,2,4-5,8H2,1H3,(H2,13,14). The Kier molecular flexibility index (Phi) is 3.17. The quantitative estimate of drug-likeness (QED) is 0.348. The summed E-state index contributed by atoms with van der Waals surface area (Å²) in [5.74, 6) is 0.963. The van der Waals surface area contributed by atoms with E-state index in [9.17, 15) is 0 Å². The van der Waals surface area contributed by atoms with Gasteiger partial charge in [0, 0.05) is 12.2 Å². The summed E-state index contributed by atoms with van der Waals surface area (Å²) in [6.07, 6.45) is 6.97. The number of oxime groups is 1. The van der Waals surface area contributed by atoms with Gasteiger partial charge in [-0.1, -0.05) is 24.9 Å². The van der Waals surface area contributed by atoms with E-state index in [2.05, 4.69) is 16.6 Å². The van der Waals surface area contributed by atoms with Crippen LogP contribution in [0.1, 0.15) is 44.3 Å². The number of nitrogens with zero attached hydrogens (tertiary/aromatic N) is 2. The molecule has 0 saturated heterocycles. The Hall–Kier alpha value is -1.45. The van der Waals surface area contributed by atoms with E-state index >= 15 is 0 Å². The van der Waals surface area contributed by atoms with Crippen molar-refractivity contribution in [2.24, 2.45) is 16.8 Å². The Morgan fingerprint density at radius 2 is 2.38 bits per heavy atom. The zero-order valence-corrected chi connectivity index (χ0v) is 9.63. The van der Waals surface area contributed by atoms with Crippen LogP contribution in [-0.4, -0.2) is 15.6 Å². The smallest absolute Gasteiger partial charge is 0.186 e. The Bertz CT molecular complexity index is 383. The third-order valence-corrected chi connectivity index (χ3v) is 3.45. The largest absolute Gasteiger partial charge is 0.409 e. The summed E-state index contributed by atoms with van der Waals surface area (Å²) in [4.78, 5) is 0. The van der Waals surface area contributed by atoms with Crippen molar-refractivity contribution in [2.45, 2.75) is 38.6 Å². The van der Waals surface area contributed by atoms with Crippen LogP contribution in [0.25, 0.3) is 0 Å². The molecule has 2 atom stereocenters. The summed E-state index contributed by atoms with van der Waals surface area (Å²) >= 11 is 0. The van der Waals surface area contributed by atoms with E-state index in [0.29, 0.717) is 6.04 Å². The van der Waals surface area contributed by atoms with E-state index < -0.39 is 0 Å². The minimum atomic E-state index is 0.197. The van der Waals surface area contributed by atoms with Crippen molar-refractivity contribution >= 4 is 5.84 Å². The lowest BCUT2D eigenvalue weighted by molar-refractivity contribution is 0.281. The maximum Gasteiger partial charge on any atom is 0.186 e. The SMILES string of the molecule is CC1CCCC(n2cccc2/C(N)=N/O)C1. The molecule has 1 aromatic rings. The lowest BCUT2D eigenvalue weighted by Gasteiger charge is -2.29. The van der Waals surface area contributed by atoms with E-state index in [1.165, 1.54) is 25.7 Å². The fraction of sp³-hybridized carbons (Fsp3) is 0.583. The molecule has 3 N–H and O–H groups in total. The van der Waals surface area contributed by atoms with Crippen LogP contribution in [0.3, 0.4) is 0 Å². The zero-order valence-electron chi connectivity index (χ0n) is 9.63. The molecule has 1 heterocycles. The number of nitrogens with two attached hydrogens (primary N) is 1. The highest BCUT2D eigenvalue weighted by molar-refractivity contribution is 5.95. The average molecular weight is 221 g/mol. The van der Waals surface area contributed by atoms with Crippen molar-refractivity contribution in [3.63, 3.8) is 0 Å². The Morgan fingerprint density at radius 3 is 3.06 bits per heavy atom. The van der Waals surface area contributed by atoms with Gasteiger partial charge in [0.25, 0.3) is 0 Å². The molecule has 0 bridgehead atoms. The second kappa shape index (κ2) is 4.60. The minimum Gasteiger partial charge on any atom is -0.409 e. The monoisotopic (exact) mass is 221 g/mol. The van der Waals surface area contributed by atoms with E-state index in [0.717, 1.165) is 11.6 Å². The van der Waals surface area contributed by atoms with E-state index in [4.69, 9.17) is 10.9 Å². The summed E-state index contributed by atoms with van der Waals surface area (Å²) in [6.45, 7) is 2.29. The summed E-state index contributed by atoms with van der Waals surface area (Å²) < 4.78 is 2.14. The normalized spacial score (nSPS) is 26.9. The van der Waals surface area contributed by atoms with Crippen LogP contribution in [-0.2, 0) is 0 Å². The molecule has 1 fully saturated rings. The molecular formula is C12H19N3O. The molecule has 0 spiro atoms. The summed E-state index contributed by atoms with van der Waals surface area (Å²) in [5, 5.41) is 11.8. The van der Waals surface area contributed by atoms with E-state index in [1.807, 2.05) is 18.3 Å². The lowest BCUT2D eigenvalue weighted by Crippen LogP contribution is -2.24. The predicted molar refractivity (Wildman–Crippen MR) is 63.6 cm³/mol. The van der Waals surface area contributed by atoms with Gasteiger partial charge in [0.15, 0.2) is 5.84 Å². The summed E-state index contributed by atoms with van der Waals surface area (Å²) in [6, 6.07) is 4.34. The van der Waals surface area contributed by atoms with Crippen molar-refractivity contribution in [2.75, 3.05) is 0 Å². The first-order valence-electron chi connectivity index (χ1n) is 5.87. The molecule has 4 nitrogen and oxygen atoms in total. The summed E-state index contributed by atoms with van der Waals surface area (Å²) in [5.41, 5.74) is 6.48. The van der Waals surface area contributed by atoms with E-state index in [-0.39, 0.29) is 5.84 Å². The molecule has 1 aromatic heterocycles. The zero-order chi connectivity index (χ0) is 11.5. The van der Waals surface area contributed by atoms with Crippen molar-refractivity contribution in [1.29, 1.82) is 0 Å². The van der Waals surface area contributed by atoms with Gasteiger partial charge >= 0.3 is 0 Å². The molecular weight excluding hydrogens is 202 g/mol. The maximum absolute atomic E-state index is 8.73. The Morgan fingerprint density at radius 1 is 1.56 bits per heavy atom. The minimum absolute atomic E-state index is 0.197. The molecule has 4 heteroatoms. The molecule has 2 unspecified atom stereocenters. The molecule has 1 saturated carbocycles. The van der Waals surface area contributed by atoms with Crippen LogP contribution in [0.5, 0.6) is 0 Å². The average Bonchev–Trinajstić information content (AvgIpc) is 2.77. The number of hydrogen-bond acceptors (Lipinski definition) is 2. The van der Waals surface area contributed by atoms with Gasteiger partial charge in [-0.05, 0) is 30.9 Å². The van der Waals surface area contributed by atoms with Crippen molar-refractivity contribution in [3.05, 3.63) is 24.0 Å². The molecule has 0 aromatic carbocycles. The molecule has 0 amide bonds. The first kappa shape index (κ1) is 11.0. The molecule has 1 aliphatic rings. The van der Waals surface area contributed by atoms with Gasteiger partial charge in [-0.15, -0.1) is 0 Å². The fourth-order valence-electron chi connectivity index (χ4n) is 2.64. The molecule has 16 heavy (non-hydrogen) atoms. The number of aromatic nitrogens is 1. The molecule has 88 valence electrons. The highest BCUT2D eigenvalue weighted by Crippen LogP contribution is 2.33. The number of amidine groups is 1. The van der Waals surface area contributed by atoms with Gasteiger partial charge in [0.1, 0.15) is 0 Å². The van der Waals surface area contributed by atoms with Crippen LogP contribution in [0.2, 0.25) is 0 Å². The first-order chi connectivity index (χ1) is 7.72. The lowest BCUT2D eigenvalue weighted by atomic mass is 9.87. The van der Waals surface area contributed by atoms with Crippen LogP contribution in [0, 0.1) is 5.92 Å². The van der Waals surface area contributed by atoms with Gasteiger partial charge in [-0.25, -0.2) is 0 Å². The topological polar surface area (TPSA) is 63.5 Å². The summed E-state index contributed by atoms with van der Waals surface area (Å²) in [7, 11) is 0. The number of rotatable bonds is 2. The maximum atomic E-state index is 8.73. The van der Waals surface area contributed by atoms with Gasteiger partial charge in [-0.3, -0.25) is 0 Å². The Balaban J connectivity index is 2.23. The molecule has 0 radical (unpaired) electrons. The van der Waals surface area contributed by atoms with Crippen molar-refractivity contribution in [3.8, 4) is 0 Å². The predicted octanol–water partition coefficient (Wildman–Crippen LogP) is 2.33. The third kappa shape index (κ3) is 2.05. The molecule has 2 rings (SSSR count). The van der Waals surface area contributed by atoms with Gasteiger partial charge in [0.2, 0.25) is 0 Å². The van der Waals surface area contributed by atoms with Gasteiger partial charge < -0.3 is 15.5 Å². The van der Waals surface area contributed by atoms with Crippen LogP contribution < -0.4 is 5.73 Å². The second-order valence-corrected chi connectivity index (χ2v) is 4.71. The highest BCUT2D eigenvalue weighted by atomic mass is 16.4. The highest BCUT2D eigenvalue weighted by Gasteiger charge is 2.22. The van der Waals surface area contributed by atoms with E-state index in [1.54, 1.807) is 0 Å². The third-order valence-electron chi connectivity index (χ3n) is 3.45. The van der Waals surface area contributed by atoms with Gasteiger partial charge in [0.05, 0.1) is 5.69 Å². The Labute approximate surface area is 95.7 Å². The van der Waals surface area contributed by atoms with Crippen molar-refractivity contribution in [1.82, 2.24) is 4.57 Å². The molecule has 1 aliphatic carbocycles. The van der Waals surface area contributed by atoms with Crippen molar-refractivity contribution < 1.29 is 5.21 Å². The molecule has 0 aliphatic heterocycles. The van der Waals surface area contributed by atoms with Gasteiger partial charge in [-0.2, -0.15) is 0 Å². The fourth-order valence-corrected chi connectivity index (χ4v) is 2.64. The van der Waals surface area contributed by atoms with Crippen LogP contribution in [0.15, 0.2) is 23.5 Å². The van der Waals surface area contributed by atoms with Crippen LogP contribution >= 0.6 is 0 Å². The van der Waals surface area contributed by atoms with Crippen LogP contribution in [0.4, 0.5) is 0 Å². The number of hydrogen-bond donors (Lipinski definition) is 2.